The first-order valence-corrected chi connectivity index (χ1v) is 42.2. The van der Waals surface area contributed by atoms with Gasteiger partial charge in [-0.25, -0.2) is 9.13 Å². The van der Waals surface area contributed by atoms with E-state index >= 15 is 0 Å². The van der Waals surface area contributed by atoms with Crippen molar-refractivity contribution in [2.24, 2.45) is 23.7 Å². The van der Waals surface area contributed by atoms with E-state index < -0.39 is 97.5 Å². The first kappa shape index (κ1) is 93.1. The summed E-state index contributed by atoms with van der Waals surface area (Å²) in [5.74, 6) is 0.857. The van der Waals surface area contributed by atoms with E-state index in [1.807, 2.05) is 0 Å². The molecule has 17 nitrogen and oxygen atoms in total. The molecule has 0 aromatic carbocycles. The maximum absolute atomic E-state index is 13.1. The summed E-state index contributed by atoms with van der Waals surface area (Å²) < 4.78 is 68.4. The van der Waals surface area contributed by atoms with E-state index in [9.17, 15) is 43.2 Å². The van der Waals surface area contributed by atoms with Crippen LogP contribution in [0, 0.1) is 23.7 Å². The van der Waals surface area contributed by atoms with E-state index in [2.05, 4.69) is 55.4 Å². The summed E-state index contributed by atoms with van der Waals surface area (Å²) >= 11 is 0. The molecule has 0 aliphatic heterocycles. The van der Waals surface area contributed by atoms with E-state index in [4.69, 9.17) is 37.0 Å². The van der Waals surface area contributed by atoms with Crippen LogP contribution >= 0.6 is 15.6 Å². The van der Waals surface area contributed by atoms with Gasteiger partial charge in [0.15, 0.2) is 12.2 Å². The van der Waals surface area contributed by atoms with Crippen molar-refractivity contribution < 1.29 is 80.2 Å². The van der Waals surface area contributed by atoms with Crippen LogP contribution in [0.1, 0.15) is 383 Å². The minimum atomic E-state index is -4.96. The molecule has 0 heterocycles. The summed E-state index contributed by atoms with van der Waals surface area (Å²) in [6.45, 7) is 14.1. The Bertz CT molecular complexity index is 1870. The zero-order chi connectivity index (χ0) is 70.3. The number of phosphoric acid groups is 2. The number of aliphatic hydroxyl groups is 1. The second-order valence-corrected chi connectivity index (χ2v) is 32.2. The van der Waals surface area contributed by atoms with Gasteiger partial charge in [0, 0.05) is 25.7 Å². The molecule has 0 rings (SSSR count). The quantitative estimate of drug-likeness (QED) is 0.0222. The highest BCUT2D eigenvalue weighted by Gasteiger charge is 2.30. The molecule has 0 aliphatic carbocycles. The Kier molecular flexibility index (Phi) is 64.0. The second-order valence-electron chi connectivity index (χ2n) is 29.3. The average molecular weight is 1400 g/mol. The fourth-order valence-corrected chi connectivity index (χ4v) is 13.1. The fourth-order valence-electron chi connectivity index (χ4n) is 11.6. The summed E-state index contributed by atoms with van der Waals surface area (Å²) in [6, 6.07) is 0. The van der Waals surface area contributed by atoms with Crippen molar-refractivity contribution >= 4 is 39.5 Å². The van der Waals surface area contributed by atoms with Crippen molar-refractivity contribution in [2.75, 3.05) is 39.6 Å². The Morgan fingerprint density at radius 2 is 0.442 bits per heavy atom. The third kappa shape index (κ3) is 70.3. The van der Waals surface area contributed by atoms with Crippen molar-refractivity contribution in [3.8, 4) is 0 Å². The number of rotatable bonds is 73. The Balaban J connectivity index is 5.16. The van der Waals surface area contributed by atoms with Crippen LogP contribution in [0.3, 0.4) is 0 Å². The van der Waals surface area contributed by atoms with Crippen molar-refractivity contribution in [3.05, 3.63) is 0 Å². The van der Waals surface area contributed by atoms with Crippen LogP contribution in [0.5, 0.6) is 0 Å². The minimum Gasteiger partial charge on any atom is -0.462 e. The highest BCUT2D eigenvalue weighted by atomic mass is 31.2. The Morgan fingerprint density at radius 3 is 0.653 bits per heavy atom. The van der Waals surface area contributed by atoms with Gasteiger partial charge >= 0.3 is 39.5 Å². The minimum absolute atomic E-state index is 0.106. The fraction of sp³-hybridized carbons (Fsp3) is 0.947. The standard InChI is InChI=1S/C76H148O17P2/c1-66(2)52-44-36-28-23-19-15-13-11-9-10-12-14-16-21-25-31-42-50-58-76(81)93-72(63-87-74(79)57-49-41-35-34-39-47-55-69(7)8)65-91-95(84,85)89-61-70(77)60-88-94(82,83)90-64-71(62-86-73(78)56-48-40-33-27-30-38-46-54-68(5)6)92-75(80)59-51-43-32-26-22-18-17-20-24-29-37-45-53-67(3)4/h66-72,77H,9-65H2,1-8H3,(H,82,83)(H,84,85)/t70?,71-,72-/m1/s1. The molecular formula is C76H148O17P2. The van der Waals surface area contributed by atoms with Gasteiger partial charge in [0.2, 0.25) is 0 Å². The molecule has 19 heteroatoms. The molecule has 0 aromatic rings. The van der Waals surface area contributed by atoms with Crippen LogP contribution in [0.2, 0.25) is 0 Å². The van der Waals surface area contributed by atoms with Gasteiger partial charge in [0.05, 0.1) is 26.4 Å². The Morgan fingerprint density at radius 1 is 0.263 bits per heavy atom. The lowest BCUT2D eigenvalue weighted by molar-refractivity contribution is -0.161. The van der Waals surface area contributed by atoms with Gasteiger partial charge < -0.3 is 33.8 Å². The number of carbonyl (C=O) groups excluding carboxylic acids is 4. The first-order chi connectivity index (χ1) is 45.6. The highest BCUT2D eigenvalue weighted by molar-refractivity contribution is 7.47. The molecule has 95 heavy (non-hydrogen) atoms. The lowest BCUT2D eigenvalue weighted by Gasteiger charge is -2.21. The number of hydrogen-bond donors (Lipinski definition) is 3. The maximum Gasteiger partial charge on any atom is 0.472 e. The molecule has 0 saturated heterocycles. The van der Waals surface area contributed by atoms with Gasteiger partial charge in [-0.1, -0.05) is 331 Å². The second kappa shape index (κ2) is 65.4. The molecule has 5 atom stereocenters. The summed E-state index contributed by atoms with van der Waals surface area (Å²) in [5, 5.41) is 10.6. The number of hydrogen-bond acceptors (Lipinski definition) is 15. The monoisotopic (exact) mass is 1400 g/mol. The molecule has 0 spiro atoms. The van der Waals surface area contributed by atoms with Gasteiger partial charge in [-0.3, -0.25) is 37.3 Å². The molecular weight excluding hydrogens is 1250 g/mol. The summed E-state index contributed by atoms with van der Waals surface area (Å²) in [7, 11) is -9.91. The maximum atomic E-state index is 13.1. The molecule has 0 fully saturated rings. The number of carbonyl (C=O) groups is 4. The topological polar surface area (TPSA) is 237 Å². The smallest absolute Gasteiger partial charge is 0.462 e. The van der Waals surface area contributed by atoms with Gasteiger partial charge in [-0.15, -0.1) is 0 Å². The number of phosphoric ester groups is 2. The van der Waals surface area contributed by atoms with E-state index in [0.717, 1.165) is 115 Å². The third-order valence-corrected chi connectivity index (χ3v) is 19.5. The number of unbranched alkanes of at least 4 members (excludes halogenated alkanes) is 39. The van der Waals surface area contributed by atoms with Crippen LogP contribution in [0.15, 0.2) is 0 Å². The van der Waals surface area contributed by atoms with Crippen LogP contribution < -0.4 is 0 Å². The number of esters is 4. The molecule has 0 aromatic heterocycles. The largest absolute Gasteiger partial charge is 0.472 e. The SMILES string of the molecule is CC(C)CCCCCCCCCCCCCCCCCCCCC(=O)O[C@H](COC(=O)CCCCCCCCC(C)C)COP(=O)(O)OCC(O)COP(=O)(O)OC[C@@H](COC(=O)CCCCCCCCCC(C)C)OC(=O)CCCCCCCCCCCCCCC(C)C. The lowest BCUT2D eigenvalue weighted by Crippen LogP contribution is -2.30. The lowest BCUT2D eigenvalue weighted by atomic mass is 10.0. The molecule has 0 radical (unpaired) electrons. The summed E-state index contributed by atoms with van der Waals surface area (Å²) in [4.78, 5) is 72.7. The van der Waals surface area contributed by atoms with E-state index in [1.54, 1.807) is 0 Å². The molecule has 0 saturated carbocycles. The van der Waals surface area contributed by atoms with Crippen LogP contribution in [0.4, 0.5) is 0 Å². The predicted molar refractivity (Wildman–Crippen MR) is 386 cm³/mol. The molecule has 3 N–H and O–H groups in total. The molecule has 0 amide bonds. The first-order valence-electron chi connectivity index (χ1n) is 39.2. The molecule has 0 aliphatic rings. The van der Waals surface area contributed by atoms with Crippen molar-refractivity contribution in [1.29, 1.82) is 0 Å². The zero-order valence-electron chi connectivity index (χ0n) is 62.3. The average Bonchev–Trinajstić information content (AvgIpc) is 1.30. The van der Waals surface area contributed by atoms with Gasteiger partial charge in [-0.05, 0) is 49.4 Å². The van der Waals surface area contributed by atoms with Gasteiger partial charge in [-0.2, -0.15) is 0 Å². The predicted octanol–water partition coefficient (Wildman–Crippen LogP) is 22.0. The summed E-state index contributed by atoms with van der Waals surface area (Å²) in [5.41, 5.74) is 0. The Hall–Kier alpha value is -1.94. The van der Waals surface area contributed by atoms with E-state index in [-0.39, 0.29) is 25.7 Å². The van der Waals surface area contributed by atoms with Crippen molar-refractivity contribution in [2.45, 2.75) is 401 Å². The van der Waals surface area contributed by atoms with Crippen LogP contribution in [-0.4, -0.2) is 96.7 Å². The molecule has 564 valence electrons. The molecule has 0 bridgehead atoms. The van der Waals surface area contributed by atoms with Crippen molar-refractivity contribution in [1.82, 2.24) is 0 Å². The van der Waals surface area contributed by atoms with Crippen LogP contribution in [0.25, 0.3) is 0 Å². The summed E-state index contributed by atoms with van der Waals surface area (Å²) in [6.07, 6.45) is 50.3. The highest BCUT2D eigenvalue weighted by Crippen LogP contribution is 2.45. The number of ether oxygens (including phenoxy) is 4. The van der Waals surface area contributed by atoms with Gasteiger partial charge in [0.25, 0.3) is 0 Å². The number of aliphatic hydroxyl groups excluding tert-OH is 1. The normalized spacial score (nSPS) is 14.1. The van der Waals surface area contributed by atoms with Crippen molar-refractivity contribution in [3.63, 3.8) is 0 Å². The van der Waals surface area contributed by atoms with E-state index in [1.165, 1.54) is 173 Å². The van der Waals surface area contributed by atoms with Gasteiger partial charge in [0.1, 0.15) is 19.3 Å². The zero-order valence-corrected chi connectivity index (χ0v) is 64.1. The third-order valence-electron chi connectivity index (χ3n) is 17.6. The van der Waals surface area contributed by atoms with E-state index in [0.29, 0.717) is 37.5 Å². The molecule has 3 unspecified atom stereocenters. The Labute approximate surface area is 581 Å². The van der Waals surface area contributed by atoms with Crippen LogP contribution in [-0.2, 0) is 65.4 Å².